The van der Waals surface area contributed by atoms with Gasteiger partial charge in [-0.3, -0.25) is 0 Å². The number of hydrogen-bond donors (Lipinski definition) is 1. The Morgan fingerprint density at radius 3 is 3.06 bits per heavy atom. The molecule has 1 unspecified atom stereocenters. The fraction of sp³-hybridized carbons (Fsp3) is 0.600. The van der Waals surface area contributed by atoms with Crippen LogP contribution in [0.25, 0.3) is 0 Å². The topological polar surface area (TPSA) is 30.5 Å². The van der Waals surface area contributed by atoms with Gasteiger partial charge in [0.15, 0.2) is 0 Å². The first-order valence-electron chi connectivity index (χ1n) is 6.78. The van der Waals surface area contributed by atoms with Crippen molar-refractivity contribution in [1.29, 1.82) is 0 Å². The Hall–Kier alpha value is -1.06. The fourth-order valence-corrected chi connectivity index (χ4v) is 2.18. The lowest BCUT2D eigenvalue weighted by Gasteiger charge is -2.13. The first-order valence-corrected chi connectivity index (χ1v) is 6.78. The summed E-state index contributed by atoms with van der Waals surface area (Å²) < 4.78 is 11.3. The van der Waals surface area contributed by atoms with Crippen LogP contribution in [0.5, 0.6) is 5.75 Å². The third-order valence-electron chi connectivity index (χ3n) is 3.49. The Labute approximate surface area is 109 Å². The zero-order chi connectivity index (χ0) is 12.8. The van der Waals surface area contributed by atoms with Gasteiger partial charge in [-0.05, 0) is 43.9 Å². The molecule has 1 aliphatic rings. The molecule has 1 N–H and O–H groups in total. The van der Waals surface area contributed by atoms with E-state index in [0.717, 1.165) is 25.4 Å². The normalized spacial score (nSPS) is 19.1. The molecule has 1 aromatic rings. The highest BCUT2D eigenvalue weighted by molar-refractivity contribution is 5.38. The number of benzene rings is 1. The summed E-state index contributed by atoms with van der Waals surface area (Å²) in [6, 6.07) is 6.18. The van der Waals surface area contributed by atoms with Gasteiger partial charge >= 0.3 is 0 Å². The molecule has 0 radical (unpaired) electrons. The van der Waals surface area contributed by atoms with Gasteiger partial charge in [0.2, 0.25) is 0 Å². The molecule has 1 saturated heterocycles. The predicted octanol–water partition coefficient (Wildman–Crippen LogP) is 2.45. The molecule has 1 aliphatic heterocycles. The van der Waals surface area contributed by atoms with Gasteiger partial charge in [-0.25, -0.2) is 0 Å². The standard InChI is InChI=1S/C15H23NO2/c1-12-5-3-7-15(13(12)2)18-10-8-16-11-14-6-4-9-17-14/h3,5,7,14,16H,4,6,8-11H2,1-2H3. The molecule has 1 atom stereocenters. The Kier molecular flexibility index (Phi) is 5.02. The lowest BCUT2D eigenvalue weighted by molar-refractivity contribution is 0.109. The van der Waals surface area contributed by atoms with Crippen LogP contribution in [-0.4, -0.2) is 32.4 Å². The Bertz CT molecular complexity index is 373. The second-order valence-electron chi connectivity index (χ2n) is 4.89. The van der Waals surface area contributed by atoms with Crippen LogP contribution >= 0.6 is 0 Å². The largest absolute Gasteiger partial charge is 0.492 e. The zero-order valence-electron chi connectivity index (χ0n) is 11.4. The number of ether oxygens (including phenoxy) is 2. The number of hydrogen-bond acceptors (Lipinski definition) is 3. The highest BCUT2D eigenvalue weighted by Gasteiger charge is 2.14. The van der Waals surface area contributed by atoms with Crippen LogP contribution in [0.1, 0.15) is 24.0 Å². The highest BCUT2D eigenvalue weighted by Crippen LogP contribution is 2.20. The minimum atomic E-state index is 0.408. The zero-order valence-corrected chi connectivity index (χ0v) is 11.4. The number of rotatable bonds is 6. The minimum Gasteiger partial charge on any atom is -0.492 e. The summed E-state index contributed by atoms with van der Waals surface area (Å²) in [5, 5.41) is 3.38. The highest BCUT2D eigenvalue weighted by atomic mass is 16.5. The maximum atomic E-state index is 5.78. The SMILES string of the molecule is Cc1cccc(OCCNCC2CCCO2)c1C. The van der Waals surface area contributed by atoms with E-state index in [9.17, 15) is 0 Å². The Morgan fingerprint density at radius 2 is 2.28 bits per heavy atom. The molecule has 0 bridgehead atoms. The molecule has 100 valence electrons. The first-order chi connectivity index (χ1) is 8.77. The average molecular weight is 249 g/mol. The van der Waals surface area contributed by atoms with Gasteiger partial charge in [-0.2, -0.15) is 0 Å². The van der Waals surface area contributed by atoms with E-state index < -0.39 is 0 Å². The van der Waals surface area contributed by atoms with E-state index in [0.29, 0.717) is 12.7 Å². The smallest absolute Gasteiger partial charge is 0.122 e. The van der Waals surface area contributed by atoms with Gasteiger partial charge in [-0.1, -0.05) is 12.1 Å². The molecular formula is C15H23NO2. The lowest BCUT2D eigenvalue weighted by atomic mass is 10.1. The van der Waals surface area contributed by atoms with Crippen molar-refractivity contribution in [1.82, 2.24) is 5.32 Å². The summed E-state index contributed by atoms with van der Waals surface area (Å²) >= 11 is 0. The first kappa shape index (κ1) is 13.4. The molecule has 0 aromatic heterocycles. The summed E-state index contributed by atoms with van der Waals surface area (Å²) in [6.45, 7) is 7.65. The molecule has 0 spiro atoms. The monoisotopic (exact) mass is 249 g/mol. The van der Waals surface area contributed by atoms with E-state index >= 15 is 0 Å². The van der Waals surface area contributed by atoms with Crippen molar-refractivity contribution in [2.45, 2.75) is 32.8 Å². The molecule has 0 aliphatic carbocycles. The predicted molar refractivity (Wildman–Crippen MR) is 73.3 cm³/mol. The molecule has 18 heavy (non-hydrogen) atoms. The Morgan fingerprint density at radius 1 is 1.39 bits per heavy atom. The molecular weight excluding hydrogens is 226 g/mol. The molecule has 1 heterocycles. The summed E-state index contributed by atoms with van der Waals surface area (Å²) in [6.07, 6.45) is 2.79. The van der Waals surface area contributed by atoms with E-state index in [1.807, 2.05) is 12.1 Å². The van der Waals surface area contributed by atoms with Crippen LogP contribution in [0.3, 0.4) is 0 Å². The van der Waals surface area contributed by atoms with E-state index in [4.69, 9.17) is 9.47 Å². The van der Waals surface area contributed by atoms with Crippen LogP contribution in [-0.2, 0) is 4.74 Å². The quantitative estimate of drug-likeness (QED) is 0.786. The van der Waals surface area contributed by atoms with Crippen LogP contribution in [0, 0.1) is 13.8 Å². The maximum Gasteiger partial charge on any atom is 0.122 e. The summed E-state index contributed by atoms with van der Waals surface area (Å²) in [4.78, 5) is 0. The number of nitrogens with one attached hydrogen (secondary N) is 1. The molecule has 0 saturated carbocycles. The van der Waals surface area contributed by atoms with E-state index in [1.54, 1.807) is 0 Å². The molecule has 2 rings (SSSR count). The van der Waals surface area contributed by atoms with Crippen molar-refractivity contribution in [2.75, 3.05) is 26.3 Å². The third kappa shape index (κ3) is 3.72. The van der Waals surface area contributed by atoms with Crippen molar-refractivity contribution in [2.24, 2.45) is 0 Å². The van der Waals surface area contributed by atoms with Gasteiger partial charge in [0.25, 0.3) is 0 Å². The van der Waals surface area contributed by atoms with Gasteiger partial charge in [0.1, 0.15) is 12.4 Å². The van der Waals surface area contributed by atoms with Crippen LogP contribution in [0.2, 0.25) is 0 Å². The maximum absolute atomic E-state index is 5.78. The van der Waals surface area contributed by atoms with E-state index in [2.05, 4.69) is 25.2 Å². The van der Waals surface area contributed by atoms with Gasteiger partial charge in [-0.15, -0.1) is 0 Å². The van der Waals surface area contributed by atoms with Crippen LogP contribution in [0.15, 0.2) is 18.2 Å². The van der Waals surface area contributed by atoms with E-state index in [-0.39, 0.29) is 0 Å². The third-order valence-corrected chi connectivity index (χ3v) is 3.49. The lowest BCUT2D eigenvalue weighted by Crippen LogP contribution is -2.29. The van der Waals surface area contributed by atoms with Gasteiger partial charge in [0, 0.05) is 19.7 Å². The van der Waals surface area contributed by atoms with Crippen LogP contribution < -0.4 is 10.1 Å². The van der Waals surface area contributed by atoms with Crippen LogP contribution in [0.4, 0.5) is 0 Å². The fourth-order valence-electron chi connectivity index (χ4n) is 2.18. The average Bonchev–Trinajstić information content (AvgIpc) is 2.87. The molecule has 0 amide bonds. The van der Waals surface area contributed by atoms with E-state index in [1.165, 1.54) is 24.0 Å². The van der Waals surface area contributed by atoms with Crippen molar-refractivity contribution in [3.63, 3.8) is 0 Å². The van der Waals surface area contributed by atoms with Crippen molar-refractivity contribution in [3.05, 3.63) is 29.3 Å². The molecule has 1 aromatic carbocycles. The summed E-state index contributed by atoms with van der Waals surface area (Å²) in [7, 11) is 0. The Balaban J connectivity index is 1.64. The van der Waals surface area contributed by atoms with Crippen molar-refractivity contribution < 1.29 is 9.47 Å². The second-order valence-corrected chi connectivity index (χ2v) is 4.89. The van der Waals surface area contributed by atoms with Gasteiger partial charge < -0.3 is 14.8 Å². The molecule has 3 heteroatoms. The molecule has 1 fully saturated rings. The van der Waals surface area contributed by atoms with Crippen molar-refractivity contribution >= 4 is 0 Å². The second kappa shape index (κ2) is 6.76. The summed E-state index contributed by atoms with van der Waals surface area (Å²) in [5.74, 6) is 0.994. The number of aryl methyl sites for hydroxylation is 1. The molecule has 3 nitrogen and oxygen atoms in total. The van der Waals surface area contributed by atoms with Crippen molar-refractivity contribution in [3.8, 4) is 5.75 Å². The minimum absolute atomic E-state index is 0.408. The van der Waals surface area contributed by atoms with Gasteiger partial charge in [0.05, 0.1) is 6.10 Å². The summed E-state index contributed by atoms with van der Waals surface area (Å²) in [5.41, 5.74) is 2.51.